The zero-order valence-corrected chi connectivity index (χ0v) is 18.3. The topological polar surface area (TPSA) is 65.4 Å². The summed E-state index contributed by atoms with van der Waals surface area (Å²) in [5.74, 6) is 0.155. The van der Waals surface area contributed by atoms with Crippen LogP contribution in [0.25, 0.3) is 5.69 Å². The van der Waals surface area contributed by atoms with Crippen molar-refractivity contribution in [3.63, 3.8) is 0 Å². The van der Waals surface area contributed by atoms with Crippen LogP contribution >= 0.6 is 11.6 Å². The predicted molar refractivity (Wildman–Crippen MR) is 117 cm³/mol. The fourth-order valence-corrected chi connectivity index (χ4v) is 4.08. The van der Waals surface area contributed by atoms with E-state index in [0.717, 1.165) is 36.9 Å². The lowest BCUT2D eigenvalue weighted by Crippen LogP contribution is -2.16. The first-order valence-corrected chi connectivity index (χ1v) is 10.4. The Hall–Kier alpha value is -3.06. The van der Waals surface area contributed by atoms with E-state index < -0.39 is 0 Å². The summed E-state index contributed by atoms with van der Waals surface area (Å²) < 4.78 is 26.5. The number of methoxy groups -OCH3 is 2. The molecule has 1 aliphatic rings. The van der Waals surface area contributed by atoms with Crippen molar-refractivity contribution >= 4 is 23.2 Å². The Morgan fingerprint density at radius 1 is 1.13 bits per heavy atom. The van der Waals surface area contributed by atoms with Crippen LogP contribution in [0.15, 0.2) is 30.3 Å². The summed E-state index contributed by atoms with van der Waals surface area (Å²) in [6, 6.07) is 8.17. The Kier molecular flexibility index (Phi) is 5.87. The van der Waals surface area contributed by atoms with Gasteiger partial charge in [0.25, 0.3) is 5.91 Å². The highest BCUT2D eigenvalue weighted by atomic mass is 35.5. The van der Waals surface area contributed by atoms with Crippen molar-refractivity contribution in [3.05, 3.63) is 63.7 Å². The van der Waals surface area contributed by atoms with E-state index in [0.29, 0.717) is 39.2 Å². The molecule has 0 spiro atoms. The van der Waals surface area contributed by atoms with Crippen LogP contribution in [0.4, 0.5) is 10.1 Å². The first-order chi connectivity index (χ1) is 14.9. The number of benzene rings is 2. The number of aryl methyl sites for hydroxylation is 1. The number of halogens is 2. The Labute approximate surface area is 184 Å². The molecule has 0 radical (unpaired) electrons. The Morgan fingerprint density at radius 2 is 1.87 bits per heavy atom. The van der Waals surface area contributed by atoms with E-state index >= 15 is 0 Å². The largest absolute Gasteiger partial charge is 0.495 e. The van der Waals surface area contributed by atoms with E-state index in [9.17, 15) is 9.18 Å². The predicted octanol–water partition coefficient (Wildman–Crippen LogP) is 5.12. The molecule has 1 aliphatic carbocycles. The second-order valence-corrected chi connectivity index (χ2v) is 7.87. The van der Waals surface area contributed by atoms with Crippen molar-refractivity contribution in [1.29, 1.82) is 0 Å². The third kappa shape index (κ3) is 3.97. The number of nitrogens with zero attached hydrogens (tertiary/aromatic N) is 2. The van der Waals surface area contributed by atoms with Gasteiger partial charge in [-0.2, -0.15) is 5.10 Å². The van der Waals surface area contributed by atoms with Crippen molar-refractivity contribution < 1.29 is 18.7 Å². The van der Waals surface area contributed by atoms with E-state index in [2.05, 4.69) is 10.4 Å². The van der Waals surface area contributed by atoms with Gasteiger partial charge in [-0.1, -0.05) is 17.7 Å². The van der Waals surface area contributed by atoms with E-state index in [4.69, 9.17) is 21.1 Å². The highest BCUT2D eigenvalue weighted by Crippen LogP contribution is 2.36. The smallest absolute Gasteiger partial charge is 0.276 e. The number of carbonyl (C=O) groups is 1. The number of nitrogens with one attached hydrogen (secondary N) is 1. The molecule has 0 saturated heterocycles. The molecule has 4 rings (SSSR count). The van der Waals surface area contributed by atoms with Gasteiger partial charge in [0.15, 0.2) is 5.69 Å². The Bertz CT molecular complexity index is 1160. The number of anilines is 1. The minimum Gasteiger partial charge on any atom is -0.495 e. The average Bonchev–Trinajstić information content (AvgIpc) is 3.16. The van der Waals surface area contributed by atoms with E-state index in [-0.39, 0.29) is 11.7 Å². The summed E-state index contributed by atoms with van der Waals surface area (Å²) in [5, 5.41) is 7.82. The Morgan fingerprint density at radius 3 is 2.58 bits per heavy atom. The number of hydrogen-bond donors (Lipinski definition) is 1. The second-order valence-electron chi connectivity index (χ2n) is 7.47. The maximum absolute atomic E-state index is 14.2. The van der Waals surface area contributed by atoms with Crippen LogP contribution in [-0.4, -0.2) is 29.9 Å². The fourth-order valence-electron chi connectivity index (χ4n) is 3.85. The maximum Gasteiger partial charge on any atom is 0.276 e. The zero-order valence-electron chi connectivity index (χ0n) is 17.6. The van der Waals surface area contributed by atoms with Crippen molar-refractivity contribution in [1.82, 2.24) is 9.78 Å². The molecule has 8 heteroatoms. The summed E-state index contributed by atoms with van der Waals surface area (Å²) in [6.45, 7) is 1.71. The van der Waals surface area contributed by atoms with Gasteiger partial charge in [-0.05, 0) is 50.3 Å². The number of fused-ring (bicyclic) bond motifs is 1. The van der Waals surface area contributed by atoms with Gasteiger partial charge in [0.2, 0.25) is 0 Å². The van der Waals surface area contributed by atoms with Gasteiger partial charge in [0.1, 0.15) is 17.3 Å². The molecule has 2 aromatic carbocycles. The zero-order chi connectivity index (χ0) is 22.1. The van der Waals surface area contributed by atoms with Crippen LogP contribution in [0.3, 0.4) is 0 Å². The van der Waals surface area contributed by atoms with Crippen molar-refractivity contribution in [2.45, 2.75) is 32.6 Å². The third-order valence-corrected chi connectivity index (χ3v) is 5.81. The summed E-state index contributed by atoms with van der Waals surface area (Å²) in [4.78, 5) is 13.2. The molecule has 3 aromatic rings. The molecule has 162 valence electrons. The summed E-state index contributed by atoms with van der Waals surface area (Å²) in [7, 11) is 2.99. The van der Waals surface area contributed by atoms with Crippen LogP contribution in [0.2, 0.25) is 5.02 Å². The monoisotopic (exact) mass is 443 g/mol. The van der Waals surface area contributed by atoms with Crippen LogP contribution in [0.5, 0.6) is 11.5 Å². The maximum atomic E-state index is 14.2. The SMILES string of the molecule is COc1cc(NC(=O)c2nn(-c3ccc(C)c(F)c3)c3c2CCCC3)c(OC)cc1Cl. The first kappa shape index (κ1) is 21.2. The molecule has 1 N–H and O–H groups in total. The number of hydrogen-bond acceptors (Lipinski definition) is 4. The van der Waals surface area contributed by atoms with Crippen molar-refractivity contribution in [2.24, 2.45) is 0 Å². The van der Waals surface area contributed by atoms with Crippen LogP contribution in [-0.2, 0) is 12.8 Å². The molecule has 0 bridgehead atoms. The van der Waals surface area contributed by atoms with Gasteiger partial charge >= 0.3 is 0 Å². The number of amides is 1. The summed E-state index contributed by atoms with van der Waals surface area (Å²) >= 11 is 6.16. The lowest BCUT2D eigenvalue weighted by atomic mass is 9.95. The lowest BCUT2D eigenvalue weighted by Gasteiger charge is -2.15. The molecule has 31 heavy (non-hydrogen) atoms. The summed E-state index contributed by atoms with van der Waals surface area (Å²) in [6.07, 6.45) is 3.49. The van der Waals surface area contributed by atoms with Crippen LogP contribution in [0, 0.1) is 12.7 Å². The van der Waals surface area contributed by atoms with E-state index in [1.165, 1.54) is 20.3 Å². The first-order valence-electron chi connectivity index (χ1n) is 10.0. The fraction of sp³-hybridized carbons (Fsp3) is 0.304. The molecule has 1 aromatic heterocycles. The minimum absolute atomic E-state index is 0.304. The molecule has 0 unspecified atom stereocenters. The molecule has 0 atom stereocenters. The van der Waals surface area contributed by atoms with Gasteiger partial charge in [-0.25, -0.2) is 9.07 Å². The van der Waals surface area contributed by atoms with Gasteiger partial charge in [0, 0.05) is 23.4 Å². The van der Waals surface area contributed by atoms with Gasteiger partial charge in [-0.3, -0.25) is 4.79 Å². The minimum atomic E-state index is -0.368. The number of aromatic nitrogens is 2. The van der Waals surface area contributed by atoms with Gasteiger partial charge in [0.05, 0.1) is 30.6 Å². The van der Waals surface area contributed by atoms with E-state index in [1.54, 1.807) is 29.8 Å². The number of rotatable bonds is 5. The molecular formula is C23H23ClFN3O3. The molecule has 1 amide bonds. The highest BCUT2D eigenvalue weighted by molar-refractivity contribution is 6.32. The molecule has 0 saturated carbocycles. The molecule has 1 heterocycles. The van der Waals surface area contributed by atoms with Crippen LogP contribution in [0.1, 0.15) is 40.2 Å². The number of ether oxygens (including phenoxy) is 2. The standard InChI is InChI=1S/C23H23ClFN3O3/c1-13-8-9-14(10-17(13)25)28-19-7-5-4-6-15(19)22(27-28)23(29)26-18-12-20(30-2)16(24)11-21(18)31-3/h8-12H,4-7H2,1-3H3,(H,26,29). The third-order valence-electron chi connectivity index (χ3n) is 5.52. The highest BCUT2D eigenvalue weighted by Gasteiger charge is 2.26. The Balaban J connectivity index is 1.74. The molecule has 0 fully saturated rings. The molecular weight excluding hydrogens is 421 g/mol. The van der Waals surface area contributed by atoms with Gasteiger partial charge < -0.3 is 14.8 Å². The van der Waals surface area contributed by atoms with Crippen molar-refractivity contribution in [3.8, 4) is 17.2 Å². The summed E-state index contributed by atoms with van der Waals surface area (Å²) in [5.41, 5.74) is 3.75. The molecule has 6 nitrogen and oxygen atoms in total. The second kappa shape index (κ2) is 8.59. The van der Waals surface area contributed by atoms with Gasteiger partial charge in [-0.15, -0.1) is 0 Å². The van der Waals surface area contributed by atoms with E-state index in [1.807, 2.05) is 6.07 Å². The molecule has 0 aliphatic heterocycles. The van der Waals surface area contributed by atoms with Crippen molar-refractivity contribution in [2.75, 3.05) is 19.5 Å². The average molecular weight is 444 g/mol. The number of carbonyl (C=O) groups excluding carboxylic acids is 1. The quantitative estimate of drug-likeness (QED) is 0.594. The van der Waals surface area contributed by atoms with Crippen LogP contribution < -0.4 is 14.8 Å². The lowest BCUT2D eigenvalue weighted by molar-refractivity contribution is 0.102. The normalized spacial score (nSPS) is 12.9.